The maximum atomic E-state index is 13.1. The molecule has 2 aliphatic rings. The molecule has 24 heavy (non-hydrogen) atoms. The second kappa shape index (κ2) is 5.86. The molecule has 0 saturated carbocycles. The fourth-order valence-corrected chi connectivity index (χ4v) is 4.03. The Hall–Kier alpha value is -1.92. The third-order valence-electron chi connectivity index (χ3n) is 5.30. The normalized spacial score (nSPS) is 27.2. The van der Waals surface area contributed by atoms with E-state index in [9.17, 15) is 4.79 Å². The monoisotopic (exact) mass is 329 g/mol. The number of hydrogen-bond acceptors (Lipinski definition) is 4. The van der Waals surface area contributed by atoms with Crippen molar-refractivity contribution >= 4 is 16.8 Å². The SMILES string of the molecule is CO[C@@H]1CO[C@@]2(CCCN(C(=O)c3nn(C)c4ccccc34)C2)C1. The number of aryl methyl sites for hydroxylation is 1. The number of piperidine rings is 1. The maximum Gasteiger partial charge on any atom is 0.275 e. The molecule has 2 atom stereocenters. The minimum Gasteiger partial charge on any atom is -0.379 e. The zero-order chi connectivity index (χ0) is 16.7. The van der Waals surface area contributed by atoms with Crippen molar-refractivity contribution in [3.05, 3.63) is 30.0 Å². The van der Waals surface area contributed by atoms with Gasteiger partial charge in [0, 0.05) is 32.5 Å². The Bertz CT molecular complexity index is 772. The van der Waals surface area contributed by atoms with Crippen LogP contribution in [-0.4, -0.2) is 59.1 Å². The molecule has 6 nitrogen and oxygen atoms in total. The van der Waals surface area contributed by atoms with E-state index in [1.165, 1.54) is 0 Å². The van der Waals surface area contributed by atoms with Gasteiger partial charge in [-0.2, -0.15) is 5.10 Å². The summed E-state index contributed by atoms with van der Waals surface area (Å²) in [5.74, 6) is -0.00431. The Labute approximate surface area is 141 Å². The number of benzene rings is 1. The molecule has 3 heterocycles. The van der Waals surface area contributed by atoms with Gasteiger partial charge in [0.1, 0.15) is 0 Å². The summed E-state index contributed by atoms with van der Waals surface area (Å²) >= 11 is 0. The van der Waals surface area contributed by atoms with Gasteiger partial charge in [-0.15, -0.1) is 0 Å². The molecule has 1 aromatic carbocycles. The number of para-hydroxylation sites is 1. The molecule has 2 fully saturated rings. The van der Waals surface area contributed by atoms with Gasteiger partial charge >= 0.3 is 0 Å². The zero-order valence-corrected chi connectivity index (χ0v) is 14.2. The topological polar surface area (TPSA) is 56.6 Å². The molecule has 1 spiro atoms. The van der Waals surface area contributed by atoms with Crippen molar-refractivity contribution in [2.75, 3.05) is 26.8 Å². The van der Waals surface area contributed by atoms with E-state index in [0.717, 1.165) is 36.7 Å². The Morgan fingerprint density at radius 2 is 2.25 bits per heavy atom. The first-order valence-corrected chi connectivity index (χ1v) is 8.50. The Balaban J connectivity index is 1.60. The number of ether oxygens (including phenoxy) is 2. The number of rotatable bonds is 2. The van der Waals surface area contributed by atoms with Gasteiger partial charge in [0.2, 0.25) is 0 Å². The lowest BCUT2D eigenvalue weighted by Gasteiger charge is -2.39. The highest BCUT2D eigenvalue weighted by atomic mass is 16.6. The predicted octanol–water partition coefficient (Wildman–Crippen LogP) is 1.98. The van der Waals surface area contributed by atoms with Crippen LogP contribution in [0.15, 0.2) is 24.3 Å². The Morgan fingerprint density at radius 3 is 3.04 bits per heavy atom. The molecule has 0 aliphatic carbocycles. The summed E-state index contributed by atoms with van der Waals surface area (Å²) in [5, 5.41) is 5.38. The third kappa shape index (κ3) is 2.50. The number of hydrogen-bond donors (Lipinski definition) is 0. The minimum absolute atomic E-state index is 0.00431. The van der Waals surface area contributed by atoms with Crippen LogP contribution in [0.2, 0.25) is 0 Å². The largest absolute Gasteiger partial charge is 0.379 e. The fourth-order valence-electron chi connectivity index (χ4n) is 4.03. The van der Waals surface area contributed by atoms with Gasteiger partial charge in [-0.25, -0.2) is 0 Å². The number of fused-ring (bicyclic) bond motifs is 1. The van der Waals surface area contributed by atoms with Crippen molar-refractivity contribution < 1.29 is 14.3 Å². The van der Waals surface area contributed by atoms with Gasteiger partial charge in [0.15, 0.2) is 5.69 Å². The van der Waals surface area contributed by atoms with E-state index >= 15 is 0 Å². The van der Waals surface area contributed by atoms with Crippen molar-refractivity contribution in [1.82, 2.24) is 14.7 Å². The molecular formula is C18H23N3O3. The van der Waals surface area contributed by atoms with Crippen LogP contribution in [0.3, 0.4) is 0 Å². The quantitative estimate of drug-likeness (QED) is 0.845. The van der Waals surface area contributed by atoms with Crippen molar-refractivity contribution in [3.63, 3.8) is 0 Å². The Morgan fingerprint density at radius 1 is 1.42 bits per heavy atom. The van der Waals surface area contributed by atoms with Crippen molar-refractivity contribution in [2.45, 2.75) is 31.0 Å². The molecule has 6 heteroatoms. The molecule has 0 unspecified atom stereocenters. The molecule has 1 amide bonds. The average molecular weight is 329 g/mol. The van der Waals surface area contributed by atoms with Gasteiger partial charge in [-0.3, -0.25) is 9.48 Å². The number of carbonyl (C=O) groups excluding carboxylic acids is 1. The summed E-state index contributed by atoms with van der Waals surface area (Å²) in [6.07, 6.45) is 2.93. The molecular weight excluding hydrogens is 306 g/mol. The van der Waals surface area contributed by atoms with Gasteiger partial charge < -0.3 is 14.4 Å². The van der Waals surface area contributed by atoms with Crippen LogP contribution in [0.4, 0.5) is 0 Å². The van der Waals surface area contributed by atoms with Crippen molar-refractivity contribution in [2.24, 2.45) is 7.05 Å². The molecule has 4 rings (SSSR count). The second-order valence-electron chi connectivity index (χ2n) is 6.88. The number of amides is 1. The highest BCUT2D eigenvalue weighted by Gasteiger charge is 2.45. The third-order valence-corrected chi connectivity index (χ3v) is 5.30. The number of likely N-dealkylation sites (tertiary alicyclic amines) is 1. The van der Waals surface area contributed by atoms with E-state index in [1.54, 1.807) is 11.8 Å². The summed E-state index contributed by atoms with van der Waals surface area (Å²) in [5.41, 5.74) is 1.26. The van der Waals surface area contributed by atoms with E-state index in [1.807, 2.05) is 36.2 Å². The van der Waals surface area contributed by atoms with Crippen LogP contribution in [0.1, 0.15) is 29.8 Å². The first-order valence-electron chi connectivity index (χ1n) is 8.50. The van der Waals surface area contributed by atoms with E-state index in [2.05, 4.69) is 5.10 Å². The van der Waals surface area contributed by atoms with E-state index in [0.29, 0.717) is 18.8 Å². The number of aromatic nitrogens is 2. The Kier molecular flexibility index (Phi) is 3.81. The van der Waals surface area contributed by atoms with Crippen LogP contribution in [0.25, 0.3) is 10.9 Å². The lowest BCUT2D eigenvalue weighted by atomic mass is 9.89. The molecule has 128 valence electrons. The average Bonchev–Trinajstić information content (AvgIpc) is 3.16. The smallest absolute Gasteiger partial charge is 0.275 e. The molecule has 0 radical (unpaired) electrons. The summed E-state index contributed by atoms with van der Waals surface area (Å²) in [6.45, 7) is 1.99. The fraction of sp³-hybridized carbons (Fsp3) is 0.556. The van der Waals surface area contributed by atoms with E-state index < -0.39 is 0 Å². The van der Waals surface area contributed by atoms with Crippen LogP contribution < -0.4 is 0 Å². The molecule has 2 aliphatic heterocycles. The number of nitrogens with zero attached hydrogens (tertiary/aromatic N) is 3. The molecule has 2 saturated heterocycles. The van der Waals surface area contributed by atoms with Gasteiger partial charge in [0.05, 0.1) is 30.4 Å². The maximum absolute atomic E-state index is 13.1. The molecule has 0 N–H and O–H groups in total. The van der Waals surface area contributed by atoms with Gasteiger partial charge in [-0.1, -0.05) is 18.2 Å². The lowest BCUT2D eigenvalue weighted by Crippen LogP contribution is -2.50. The van der Waals surface area contributed by atoms with Gasteiger partial charge in [0.25, 0.3) is 5.91 Å². The van der Waals surface area contributed by atoms with Crippen molar-refractivity contribution in [3.8, 4) is 0 Å². The second-order valence-corrected chi connectivity index (χ2v) is 6.88. The highest BCUT2D eigenvalue weighted by Crippen LogP contribution is 2.36. The number of carbonyl (C=O) groups is 1. The van der Waals surface area contributed by atoms with Crippen LogP contribution in [0, 0.1) is 0 Å². The van der Waals surface area contributed by atoms with Crippen LogP contribution in [-0.2, 0) is 16.5 Å². The standard InChI is InChI=1S/C18H23N3O3/c1-20-15-7-4-3-6-14(15)16(19-20)17(22)21-9-5-8-18(12-21)10-13(23-2)11-24-18/h3-4,6-7,13H,5,8-12H2,1-2H3/t13-,18-/m0/s1. The molecule has 0 bridgehead atoms. The van der Waals surface area contributed by atoms with Crippen LogP contribution >= 0.6 is 0 Å². The molecule has 1 aromatic heterocycles. The first kappa shape index (κ1) is 15.6. The summed E-state index contributed by atoms with van der Waals surface area (Å²) in [4.78, 5) is 15.0. The molecule has 2 aromatic rings. The van der Waals surface area contributed by atoms with E-state index in [-0.39, 0.29) is 17.6 Å². The van der Waals surface area contributed by atoms with E-state index in [4.69, 9.17) is 9.47 Å². The highest BCUT2D eigenvalue weighted by molar-refractivity contribution is 6.04. The first-order chi connectivity index (χ1) is 11.6. The summed E-state index contributed by atoms with van der Waals surface area (Å²) in [6, 6.07) is 7.86. The number of methoxy groups -OCH3 is 1. The lowest BCUT2D eigenvalue weighted by molar-refractivity contribution is -0.0459. The van der Waals surface area contributed by atoms with Crippen LogP contribution in [0.5, 0.6) is 0 Å². The summed E-state index contributed by atoms with van der Waals surface area (Å²) in [7, 11) is 3.60. The predicted molar refractivity (Wildman–Crippen MR) is 89.9 cm³/mol. The summed E-state index contributed by atoms with van der Waals surface area (Å²) < 4.78 is 13.3. The zero-order valence-electron chi connectivity index (χ0n) is 14.2. The van der Waals surface area contributed by atoms with Gasteiger partial charge in [-0.05, 0) is 18.9 Å². The van der Waals surface area contributed by atoms with Crippen molar-refractivity contribution in [1.29, 1.82) is 0 Å². The minimum atomic E-state index is -0.251.